The van der Waals surface area contributed by atoms with E-state index >= 15 is 0 Å². The Balaban J connectivity index is 1.65. The molecule has 1 aliphatic heterocycles. The number of carboxylic acids is 1. The molecule has 6 heteroatoms. The summed E-state index contributed by atoms with van der Waals surface area (Å²) in [4.78, 5) is 26.0. The van der Waals surface area contributed by atoms with E-state index in [1.165, 1.54) is 24.3 Å². The van der Waals surface area contributed by atoms with Crippen LogP contribution >= 0.6 is 0 Å². The minimum Gasteiger partial charge on any atom is -0.478 e. The molecule has 148 valence electrons. The summed E-state index contributed by atoms with van der Waals surface area (Å²) in [5.74, 6) is -1.29. The number of hydrogen-bond acceptors (Lipinski definition) is 3. The first-order valence-electron chi connectivity index (χ1n) is 9.56. The molecule has 2 atom stereocenters. The fraction of sp³-hybridized carbons (Fsp3) is 0.364. The number of halogens is 1. The Hall–Kier alpha value is -2.73. The molecule has 0 bridgehead atoms. The van der Waals surface area contributed by atoms with Gasteiger partial charge < -0.3 is 10.4 Å². The second-order valence-electron chi connectivity index (χ2n) is 7.27. The standard InChI is InChI=1S/C22H25FN2O3/c1-15(17-8-10-18(11-9-17)22(27)28)24-21(26)20-7-2-3-12-25(20)14-16-5-4-6-19(23)13-16/h4-6,8-11,13,15,20H,2-3,7,12,14H2,1H3,(H,24,26)(H,27,28)/t15-,20+/m0/s1. The van der Waals surface area contributed by atoms with Crippen molar-refractivity contribution in [2.45, 2.75) is 44.8 Å². The van der Waals surface area contributed by atoms with Gasteiger partial charge >= 0.3 is 5.97 Å². The summed E-state index contributed by atoms with van der Waals surface area (Å²) in [6.45, 7) is 3.22. The zero-order valence-corrected chi connectivity index (χ0v) is 15.9. The second kappa shape index (κ2) is 8.97. The number of carbonyl (C=O) groups is 2. The SMILES string of the molecule is C[C@H](NC(=O)[C@H]1CCCCN1Cc1cccc(F)c1)c1ccc(C(=O)O)cc1. The van der Waals surface area contributed by atoms with Crippen molar-refractivity contribution in [2.24, 2.45) is 0 Å². The fourth-order valence-electron chi connectivity index (χ4n) is 3.65. The van der Waals surface area contributed by atoms with Gasteiger partial charge in [0.15, 0.2) is 0 Å². The lowest BCUT2D eigenvalue weighted by Crippen LogP contribution is -2.49. The van der Waals surface area contributed by atoms with Gasteiger partial charge in [-0.15, -0.1) is 0 Å². The van der Waals surface area contributed by atoms with Gasteiger partial charge in [0.05, 0.1) is 17.6 Å². The van der Waals surface area contributed by atoms with Crippen molar-refractivity contribution in [2.75, 3.05) is 6.54 Å². The van der Waals surface area contributed by atoms with Crippen LogP contribution in [0.2, 0.25) is 0 Å². The summed E-state index contributed by atoms with van der Waals surface area (Å²) in [5, 5.41) is 12.0. The Bertz CT molecular complexity index is 838. The predicted molar refractivity (Wildman–Crippen MR) is 104 cm³/mol. The molecule has 1 fully saturated rings. The molecule has 0 unspecified atom stereocenters. The van der Waals surface area contributed by atoms with E-state index in [4.69, 9.17) is 5.11 Å². The summed E-state index contributed by atoms with van der Waals surface area (Å²) in [7, 11) is 0. The summed E-state index contributed by atoms with van der Waals surface area (Å²) in [5.41, 5.74) is 1.93. The number of likely N-dealkylation sites (tertiary alicyclic amines) is 1. The summed E-state index contributed by atoms with van der Waals surface area (Å²) in [6, 6.07) is 12.5. The van der Waals surface area contributed by atoms with Crippen LogP contribution in [0.15, 0.2) is 48.5 Å². The highest BCUT2D eigenvalue weighted by molar-refractivity contribution is 5.87. The number of aromatic carboxylic acids is 1. The number of carboxylic acid groups (broad SMARTS) is 1. The second-order valence-corrected chi connectivity index (χ2v) is 7.27. The Morgan fingerprint density at radius 3 is 2.64 bits per heavy atom. The van der Waals surface area contributed by atoms with Crippen molar-refractivity contribution in [3.8, 4) is 0 Å². The molecule has 0 saturated carbocycles. The van der Waals surface area contributed by atoms with Crippen LogP contribution in [0.25, 0.3) is 0 Å². The Kier molecular flexibility index (Phi) is 6.41. The molecule has 1 amide bonds. The van der Waals surface area contributed by atoms with Crippen LogP contribution in [0.3, 0.4) is 0 Å². The van der Waals surface area contributed by atoms with Gasteiger partial charge in [-0.25, -0.2) is 9.18 Å². The van der Waals surface area contributed by atoms with Crippen LogP contribution in [0.1, 0.15) is 53.7 Å². The molecule has 2 N–H and O–H groups in total. The highest BCUT2D eigenvalue weighted by atomic mass is 19.1. The van der Waals surface area contributed by atoms with Gasteiger partial charge in [0, 0.05) is 6.54 Å². The first kappa shape index (κ1) is 20.0. The van der Waals surface area contributed by atoms with Crippen molar-refractivity contribution >= 4 is 11.9 Å². The van der Waals surface area contributed by atoms with Crippen LogP contribution in [-0.2, 0) is 11.3 Å². The number of nitrogens with zero attached hydrogens (tertiary/aromatic N) is 1. The number of nitrogens with one attached hydrogen (secondary N) is 1. The number of benzene rings is 2. The van der Waals surface area contributed by atoms with Crippen LogP contribution in [0.5, 0.6) is 0 Å². The Labute approximate surface area is 164 Å². The molecule has 28 heavy (non-hydrogen) atoms. The van der Waals surface area contributed by atoms with Crippen LogP contribution in [-0.4, -0.2) is 34.5 Å². The van der Waals surface area contributed by atoms with E-state index in [0.29, 0.717) is 6.54 Å². The largest absolute Gasteiger partial charge is 0.478 e. The minimum atomic E-state index is -0.974. The Morgan fingerprint density at radius 1 is 1.21 bits per heavy atom. The number of rotatable bonds is 6. The monoisotopic (exact) mass is 384 g/mol. The molecule has 1 aliphatic rings. The number of hydrogen-bond donors (Lipinski definition) is 2. The number of piperidine rings is 1. The molecular formula is C22H25FN2O3. The van der Waals surface area contributed by atoms with Crippen LogP contribution < -0.4 is 5.32 Å². The van der Waals surface area contributed by atoms with E-state index < -0.39 is 5.97 Å². The van der Waals surface area contributed by atoms with Crippen molar-refractivity contribution in [3.05, 3.63) is 71.0 Å². The van der Waals surface area contributed by atoms with E-state index in [1.54, 1.807) is 18.2 Å². The molecule has 1 saturated heterocycles. The van der Waals surface area contributed by atoms with Crippen molar-refractivity contribution in [1.82, 2.24) is 10.2 Å². The zero-order chi connectivity index (χ0) is 20.1. The van der Waals surface area contributed by atoms with E-state index in [2.05, 4.69) is 10.2 Å². The van der Waals surface area contributed by atoms with Crippen molar-refractivity contribution < 1.29 is 19.1 Å². The molecule has 0 aromatic heterocycles. The summed E-state index contributed by atoms with van der Waals surface area (Å²) < 4.78 is 13.5. The molecule has 3 rings (SSSR count). The van der Waals surface area contributed by atoms with Crippen LogP contribution in [0, 0.1) is 5.82 Å². The van der Waals surface area contributed by atoms with E-state index in [1.807, 2.05) is 13.0 Å². The Morgan fingerprint density at radius 2 is 1.96 bits per heavy atom. The van der Waals surface area contributed by atoms with Crippen molar-refractivity contribution in [3.63, 3.8) is 0 Å². The quantitative estimate of drug-likeness (QED) is 0.796. The van der Waals surface area contributed by atoms with Gasteiger partial charge in [-0.1, -0.05) is 30.7 Å². The first-order chi connectivity index (χ1) is 13.4. The topological polar surface area (TPSA) is 69.6 Å². The highest BCUT2D eigenvalue weighted by Crippen LogP contribution is 2.22. The summed E-state index contributed by atoms with van der Waals surface area (Å²) >= 11 is 0. The maximum atomic E-state index is 13.5. The molecule has 0 radical (unpaired) electrons. The van der Waals surface area contributed by atoms with Gasteiger partial charge in [0.1, 0.15) is 5.82 Å². The molecule has 0 aliphatic carbocycles. The molecule has 1 heterocycles. The third-order valence-electron chi connectivity index (χ3n) is 5.21. The van der Waals surface area contributed by atoms with Gasteiger partial charge in [-0.3, -0.25) is 9.69 Å². The van der Waals surface area contributed by atoms with Gasteiger partial charge in [0.2, 0.25) is 5.91 Å². The molecule has 0 spiro atoms. The third-order valence-corrected chi connectivity index (χ3v) is 5.21. The number of carbonyl (C=O) groups excluding carboxylic acids is 1. The summed E-state index contributed by atoms with van der Waals surface area (Å²) in [6.07, 6.45) is 2.77. The molecule has 2 aromatic rings. The average molecular weight is 384 g/mol. The van der Waals surface area contributed by atoms with E-state index in [9.17, 15) is 14.0 Å². The normalized spacial score (nSPS) is 18.4. The average Bonchev–Trinajstić information content (AvgIpc) is 2.68. The minimum absolute atomic E-state index is 0.0501. The zero-order valence-electron chi connectivity index (χ0n) is 15.9. The maximum absolute atomic E-state index is 13.5. The van der Waals surface area contributed by atoms with Crippen molar-refractivity contribution in [1.29, 1.82) is 0 Å². The fourth-order valence-corrected chi connectivity index (χ4v) is 3.65. The molecule has 5 nitrogen and oxygen atoms in total. The van der Waals surface area contributed by atoms with E-state index in [-0.39, 0.29) is 29.4 Å². The third kappa shape index (κ3) is 4.95. The lowest BCUT2D eigenvalue weighted by atomic mass is 9.99. The molecular weight excluding hydrogens is 359 g/mol. The lowest BCUT2D eigenvalue weighted by molar-refractivity contribution is -0.128. The maximum Gasteiger partial charge on any atom is 0.335 e. The van der Waals surface area contributed by atoms with Crippen LogP contribution in [0.4, 0.5) is 4.39 Å². The smallest absolute Gasteiger partial charge is 0.335 e. The lowest BCUT2D eigenvalue weighted by Gasteiger charge is -2.35. The first-order valence-corrected chi connectivity index (χ1v) is 9.56. The van der Waals surface area contributed by atoms with Gasteiger partial charge in [-0.2, -0.15) is 0 Å². The predicted octanol–water partition coefficient (Wildman–Crippen LogP) is 3.76. The highest BCUT2D eigenvalue weighted by Gasteiger charge is 2.29. The van der Waals surface area contributed by atoms with Gasteiger partial charge in [0.25, 0.3) is 0 Å². The van der Waals surface area contributed by atoms with E-state index in [0.717, 1.165) is 36.9 Å². The van der Waals surface area contributed by atoms with Gasteiger partial charge in [-0.05, 0) is 61.7 Å². The number of amides is 1. The molecule has 2 aromatic carbocycles.